The van der Waals surface area contributed by atoms with Crippen LogP contribution in [0.5, 0.6) is 0 Å². The van der Waals surface area contributed by atoms with Gasteiger partial charge in [0.25, 0.3) is 11.8 Å². The largest absolute Gasteiger partial charge is 0.349 e. The van der Waals surface area contributed by atoms with E-state index < -0.39 is 0 Å². The number of nitrogens with one attached hydrogen (secondary N) is 1. The average molecular weight is 308 g/mol. The lowest BCUT2D eigenvalue weighted by Gasteiger charge is -2.21. The zero-order chi connectivity index (χ0) is 16.7. The van der Waals surface area contributed by atoms with Crippen molar-refractivity contribution in [2.75, 3.05) is 18.0 Å². The van der Waals surface area contributed by atoms with Gasteiger partial charge in [-0.3, -0.25) is 9.59 Å². The van der Waals surface area contributed by atoms with Gasteiger partial charge < -0.3 is 10.2 Å². The first-order valence-electron chi connectivity index (χ1n) is 7.53. The minimum absolute atomic E-state index is 0.128. The van der Waals surface area contributed by atoms with Crippen LogP contribution >= 0.6 is 0 Å². The smallest absolute Gasteiger partial charge is 0.258 e. The highest BCUT2D eigenvalue weighted by Crippen LogP contribution is 2.17. The van der Waals surface area contributed by atoms with E-state index in [0.29, 0.717) is 24.2 Å². The molecular formula is C19H20N2O2. The fraction of sp³-hybridized carbons (Fsp3) is 0.158. The average Bonchev–Trinajstić information content (AvgIpc) is 2.61. The first kappa shape index (κ1) is 16.5. The Balaban J connectivity index is 2.25. The van der Waals surface area contributed by atoms with Crippen molar-refractivity contribution in [2.45, 2.75) is 6.92 Å². The molecule has 0 radical (unpaired) electrons. The Bertz CT molecular complexity index is 696. The maximum atomic E-state index is 12.7. The van der Waals surface area contributed by atoms with E-state index in [1.165, 1.54) is 0 Å². The molecule has 0 aliphatic rings. The van der Waals surface area contributed by atoms with E-state index in [1.54, 1.807) is 35.2 Å². The van der Waals surface area contributed by atoms with Crippen LogP contribution in [0.25, 0.3) is 0 Å². The molecule has 0 unspecified atom stereocenters. The topological polar surface area (TPSA) is 49.4 Å². The highest BCUT2D eigenvalue weighted by molar-refractivity contribution is 6.07. The van der Waals surface area contributed by atoms with Gasteiger partial charge in [0.05, 0.1) is 0 Å². The Kier molecular flexibility index (Phi) is 5.69. The molecule has 1 N–H and O–H groups in total. The molecule has 0 aliphatic carbocycles. The van der Waals surface area contributed by atoms with Crippen molar-refractivity contribution in [2.24, 2.45) is 0 Å². The Morgan fingerprint density at radius 2 is 1.78 bits per heavy atom. The SMILES string of the molecule is C=CCNC(=O)c1cccc(C(=O)N(CC)c2ccccc2)c1. The fourth-order valence-electron chi connectivity index (χ4n) is 2.27. The molecule has 0 bridgehead atoms. The molecule has 0 spiro atoms. The molecule has 4 nitrogen and oxygen atoms in total. The summed E-state index contributed by atoms with van der Waals surface area (Å²) in [7, 11) is 0. The summed E-state index contributed by atoms with van der Waals surface area (Å²) in [6.07, 6.45) is 1.61. The summed E-state index contributed by atoms with van der Waals surface area (Å²) in [5, 5.41) is 2.71. The zero-order valence-corrected chi connectivity index (χ0v) is 13.2. The van der Waals surface area contributed by atoms with Crippen LogP contribution in [0.3, 0.4) is 0 Å². The van der Waals surface area contributed by atoms with E-state index in [1.807, 2.05) is 37.3 Å². The zero-order valence-electron chi connectivity index (χ0n) is 13.2. The number of anilines is 1. The van der Waals surface area contributed by atoms with E-state index in [-0.39, 0.29) is 11.8 Å². The van der Waals surface area contributed by atoms with Crippen LogP contribution in [0.4, 0.5) is 5.69 Å². The summed E-state index contributed by atoms with van der Waals surface area (Å²) >= 11 is 0. The lowest BCUT2D eigenvalue weighted by molar-refractivity contribution is 0.0958. The molecule has 118 valence electrons. The molecule has 0 atom stereocenters. The number of rotatable bonds is 6. The van der Waals surface area contributed by atoms with Crippen LogP contribution in [-0.2, 0) is 0 Å². The number of carbonyl (C=O) groups excluding carboxylic acids is 2. The second kappa shape index (κ2) is 7.94. The molecule has 0 saturated carbocycles. The van der Waals surface area contributed by atoms with Crippen LogP contribution in [-0.4, -0.2) is 24.9 Å². The summed E-state index contributed by atoms with van der Waals surface area (Å²) < 4.78 is 0. The van der Waals surface area contributed by atoms with Crippen molar-refractivity contribution in [3.05, 3.63) is 78.4 Å². The third-order valence-electron chi connectivity index (χ3n) is 3.41. The summed E-state index contributed by atoms with van der Waals surface area (Å²) in [5.41, 5.74) is 1.78. The van der Waals surface area contributed by atoms with Crippen LogP contribution in [0, 0.1) is 0 Å². The molecule has 2 aromatic carbocycles. The van der Waals surface area contributed by atoms with Gasteiger partial charge in [0, 0.05) is 29.9 Å². The fourth-order valence-corrected chi connectivity index (χ4v) is 2.27. The molecule has 23 heavy (non-hydrogen) atoms. The number of hydrogen-bond acceptors (Lipinski definition) is 2. The molecule has 2 rings (SSSR count). The standard InChI is InChI=1S/C19H20N2O2/c1-3-13-20-18(22)15-9-8-10-16(14-15)19(23)21(4-2)17-11-6-5-7-12-17/h3,5-12,14H,1,4,13H2,2H3,(H,20,22). The van der Waals surface area contributed by atoms with Gasteiger partial charge in [-0.15, -0.1) is 6.58 Å². The molecule has 2 aromatic rings. The third-order valence-corrected chi connectivity index (χ3v) is 3.41. The molecule has 2 amide bonds. The Morgan fingerprint density at radius 1 is 1.09 bits per heavy atom. The van der Waals surface area contributed by atoms with Gasteiger partial charge in [0.1, 0.15) is 0 Å². The minimum Gasteiger partial charge on any atom is -0.349 e. The molecule has 0 saturated heterocycles. The molecule has 0 fully saturated rings. The van der Waals surface area contributed by atoms with E-state index in [0.717, 1.165) is 5.69 Å². The normalized spacial score (nSPS) is 9.96. The summed E-state index contributed by atoms with van der Waals surface area (Å²) in [5.74, 6) is -0.348. The number of nitrogens with zero attached hydrogens (tertiary/aromatic N) is 1. The van der Waals surface area contributed by atoms with Crippen molar-refractivity contribution < 1.29 is 9.59 Å². The summed E-state index contributed by atoms with van der Waals surface area (Å²) in [4.78, 5) is 26.4. The van der Waals surface area contributed by atoms with Gasteiger partial charge in [-0.1, -0.05) is 30.3 Å². The number of hydrogen-bond donors (Lipinski definition) is 1. The van der Waals surface area contributed by atoms with E-state index in [2.05, 4.69) is 11.9 Å². The number of benzene rings is 2. The maximum Gasteiger partial charge on any atom is 0.258 e. The second-order valence-electron chi connectivity index (χ2n) is 4.96. The van der Waals surface area contributed by atoms with Crippen molar-refractivity contribution in [3.8, 4) is 0 Å². The van der Waals surface area contributed by atoms with Crippen molar-refractivity contribution in [1.29, 1.82) is 0 Å². The third kappa shape index (κ3) is 4.07. The summed E-state index contributed by atoms with van der Waals surface area (Å²) in [6.45, 7) is 6.43. The Hall–Kier alpha value is -2.88. The lowest BCUT2D eigenvalue weighted by atomic mass is 10.1. The van der Waals surface area contributed by atoms with E-state index in [9.17, 15) is 9.59 Å². The van der Waals surface area contributed by atoms with Gasteiger partial charge in [0.2, 0.25) is 0 Å². The van der Waals surface area contributed by atoms with Crippen LogP contribution in [0.15, 0.2) is 67.3 Å². The van der Waals surface area contributed by atoms with Crippen molar-refractivity contribution in [3.63, 3.8) is 0 Å². The van der Waals surface area contributed by atoms with Crippen LogP contribution in [0.1, 0.15) is 27.6 Å². The van der Waals surface area contributed by atoms with Gasteiger partial charge in [-0.25, -0.2) is 0 Å². The van der Waals surface area contributed by atoms with Crippen LogP contribution in [0.2, 0.25) is 0 Å². The van der Waals surface area contributed by atoms with Crippen molar-refractivity contribution >= 4 is 17.5 Å². The lowest BCUT2D eigenvalue weighted by Crippen LogP contribution is -2.31. The molecule has 0 aliphatic heterocycles. The monoisotopic (exact) mass is 308 g/mol. The first-order chi connectivity index (χ1) is 11.2. The van der Waals surface area contributed by atoms with E-state index >= 15 is 0 Å². The second-order valence-corrected chi connectivity index (χ2v) is 4.96. The number of amides is 2. The van der Waals surface area contributed by atoms with Gasteiger partial charge in [-0.2, -0.15) is 0 Å². The quantitative estimate of drug-likeness (QED) is 0.833. The van der Waals surface area contributed by atoms with Gasteiger partial charge >= 0.3 is 0 Å². The van der Waals surface area contributed by atoms with E-state index in [4.69, 9.17) is 0 Å². The maximum absolute atomic E-state index is 12.7. The van der Waals surface area contributed by atoms with Gasteiger partial charge in [0.15, 0.2) is 0 Å². The molecule has 4 heteroatoms. The highest BCUT2D eigenvalue weighted by atomic mass is 16.2. The summed E-state index contributed by atoms with van der Waals surface area (Å²) in [6, 6.07) is 16.2. The minimum atomic E-state index is -0.220. The number of para-hydroxylation sites is 1. The Labute approximate surface area is 136 Å². The first-order valence-corrected chi connectivity index (χ1v) is 7.53. The van der Waals surface area contributed by atoms with Crippen LogP contribution < -0.4 is 10.2 Å². The number of carbonyl (C=O) groups is 2. The highest BCUT2D eigenvalue weighted by Gasteiger charge is 2.17. The predicted molar refractivity (Wildman–Crippen MR) is 92.8 cm³/mol. The van der Waals surface area contributed by atoms with Crippen molar-refractivity contribution in [1.82, 2.24) is 5.32 Å². The molecule has 0 heterocycles. The molecule has 0 aromatic heterocycles. The Morgan fingerprint density at radius 3 is 2.43 bits per heavy atom. The predicted octanol–water partition coefficient (Wildman–Crippen LogP) is 3.27. The molecular weight excluding hydrogens is 288 g/mol. The van der Waals surface area contributed by atoms with Gasteiger partial charge in [-0.05, 0) is 37.3 Å².